The van der Waals surface area contributed by atoms with Crippen molar-refractivity contribution in [3.8, 4) is 0 Å². The average Bonchev–Trinajstić information content (AvgIpc) is 3.19. The first-order chi connectivity index (χ1) is 13.7. The van der Waals surface area contributed by atoms with Gasteiger partial charge in [-0.2, -0.15) is 0 Å². The van der Waals surface area contributed by atoms with E-state index in [1.54, 1.807) is 19.3 Å². The molecule has 2 N–H and O–H groups in total. The van der Waals surface area contributed by atoms with E-state index in [1.165, 1.54) is 17.2 Å². The minimum absolute atomic E-state index is 0.196. The predicted octanol–water partition coefficient (Wildman–Crippen LogP) is 2.70. The minimum Gasteiger partial charge on any atom is -0.377 e. The maximum absolute atomic E-state index is 13.9. The highest BCUT2D eigenvalue weighted by Gasteiger charge is 2.25. The molecule has 1 aliphatic rings. The van der Waals surface area contributed by atoms with Crippen LogP contribution in [0.3, 0.4) is 0 Å². The van der Waals surface area contributed by atoms with Crippen LogP contribution in [0, 0.1) is 5.82 Å². The number of guanidine groups is 1. The molecule has 0 spiro atoms. The summed E-state index contributed by atoms with van der Waals surface area (Å²) in [4.78, 5) is 10.4. The van der Waals surface area contributed by atoms with E-state index in [4.69, 9.17) is 4.74 Å². The maximum Gasteiger partial charge on any atom is 0.191 e. The van der Waals surface area contributed by atoms with Crippen LogP contribution in [0.1, 0.15) is 24.5 Å². The summed E-state index contributed by atoms with van der Waals surface area (Å²) < 4.78 is 19.4. The highest BCUT2D eigenvalue weighted by Crippen LogP contribution is 2.20. The Morgan fingerprint density at radius 2 is 2.07 bits per heavy atom. The Morgan fingerprint density at radius 3 is 2.79 bits per heavy atom. The normalized spacial score (nSPS) is 17.0. The molecule has 3 rings (SSSR count). The Balaban J connectivity index is 1.48. The molecular formula is C21H28FN5O. The number of benzene rings is 1. The van der Waals surface area contributed by atoms with E-state index in [0.717, 1.165) is 25.5 Å². The number of nitrogens with zero attached hydrogens (tertiary/aromatic N) is 3. The fourth-order valence-electron chi connectivity index (χ4n) is 3.23. The molecule has 150 valence electrons. The highest BCUT2D eigenvalue weighted by molar-refractivity contribution is 5.80. The molecule has 0 radical (unpaired) electrons. The monoisotopic (exact) mass is 385 g/mol. The molecule has 0 amide bonds. The summed E-state index contributed by atoms with van der Waals surface area (Å²) in [5, 5.41) is 6.76. The number of halogens is 1. The molecule has 1 aliphatic heterocycles. The number of ether oxygens (including phenoxy) is 1. The third kappa shape index (κ3) is 5.42. The van der Waals surface area contributed by atoms with Crippen LogP contribution in [0.5, 0.6) is 0 Å². The molecule has 0 bridgehead atoms. The molecule has 2 heterocycles. The molecule has 1 aromatic heterocycles. The van der Waals surface area contributed by atoms with E-state index in [0.29, 0.717) is 25.5 Å². The molecule has 1 unspecified atom stereocenters. The quantitative estimate of drug-likeness (QED) is 0.567. The second-order valence-electron chi connectivity index (χ2n) is 6.76. The van der Waals surface area contributed by atoms with Crippen LogP contribution in [0.15, 0.2) is 47.6 Å². The van der Waals surface area contributed by atoms with Crippen LogP contribution in [-0.4, -0.2) is 43.7 Å². The zero-order chi connectivity index (χ0) is 19.8. The van der Waals surface area contributed by atoms with Gasteiger partial charge in [-0.1, -0.05) is 24.3 Å². The van der Waals surface area contributed by atoms with Crippen molar-refractivity contribution in [2.24, 2.45) is 4.99 Å². The van der Waals surface area contributed by atoms with Crippen molar-refractivity contribution in [2.45, 2.75) is 32.5 Å². The summed E-state index contributed by atoms with van der Waals surface area (Å²) in [6, 6.07) is 11.6. The number of aliphatic imine (C=N–C) groups is 1. The van der Waals surface area contributed by atoms with Gasteiger partial charge in [-0.25, -0.2) is 9.37 Å². The van der Waals surface area contributed by atoms with E-state index >= 15 is 0 Å². The van der Waals surface area contributed by atoms with Crippen LogP contribution >= 0.6 is 0 Å². The van der Waals surface area contributed by atoms with Crippen molar-refractivity contribution < 1.29 is 9.13 Å². The second-order valence-corrected chi connectivity index (χ2v) is 6.76. The SMILES string of the molecule is CCOCc1ccc(CNC(=NC)NC2CCN(c3ncccc3F)C2)cc1. The van der Waals surface area contributed by atoms with Gasteiger partial charge in [0.2, 0.25) is 0 Å². The third-order valence-electron chi connectivity index (χ3n) is 4.75. The molecule has 28 heavy (non-hydrogen) atoms. The van der Waals surface area contributed by atoms with Crippen LogP contribution in [0.2, 0.25) is 0 Å². The zero-order valence-electron chi connectivity index (χ0n) is 16.5. The highest BCUT2D eigenvalue weighted by atomic mass is 19.1. The fourth-order valence-corrected chi connectivity index (χ4v) is 3.23. The van der Waals surface area contributed by atoms with Crippen LogP contribution < -0.4 is 15.5 Å². The third-order valence-corrected chi connectivity index (χ3v) is 4.75. The summed E-state index contributed by atoms with van der Waals surface area (Å²) in [6.45, 7) is 5.50. The lowest BCUT2D eigenvalue weighted by Gasteiger charge is -2.20. The van der Waals surface area contributed by atoms with Gasteiger partial charge in [-0.3, -0.25) is 4.99 Å². The molecule has 1 aromatic carbocycles. The number of pyridine rings is 1. The number of anilines is 1. The zero-order valence-corrected chi connectivity index (χ0v) is 16.5. The lowest BCUT2D eigenvalue weighted by molar-refractivity contribution is 0.134. The molecule has 6 nitrogen and oxygen atoms in total. The second kappa shape index (κ2) is 10.0. The number of nitrogens with one attached hydrogen (secondary N) is 2. The molecule has 0 saturated carbocycles. The molecular weight excluding hydrogens is 357 g/mol. The van der Waals surface area contributed by atoms with Crippen molar-refractivity contribution in [1.29, 1.82) is 0 Å². The van der Waals surface area contributed by atoms with Gasteiger partial charge < -0.3 is 20.3 Å². The van der Waals surface area contributed by atoms with Crippen molar-refractivity contribution in [2.75, 3.05) is 31.6 Å². The number of hydrogen-bond acceptors (Lipinski definition) is 4. The molecule has 7 heteroatoms. The Bertz CT molecular complexity index is 781. The fraction of sp³-hybridized carbons (Fsp3) is 0.429. The molecule has 1 saturated heterocycles. The van der Waals surface area contributed by atoms with E-state index in [1.807, 2.05) is 11.8 Å². The minimum atomic E-state index is -0.279. The van der Waals surface area contributed by atoms with E-state index in [-0.39, 0.29) is 11.9 Å². The van der Waals surface area contributed by atoms with Gasteiger partial charge in [0.15, 0.2) is 17.6 Å². The molecule has 2 aromatic rings. The van der Waals surface area contributed by atoms with Crippen molar-refractivity contribution in [3.05, 3.63) is 59.5 Å². The van der Waals surface area contributed by atoms with Crippen molar-refractivity contribution in [3.63, 3.8) is 0 Å². The number of hydrogen-bond donors (Lipinski definition) is 2. The van der Waals surface area contributed by atoms with Gasteiger partial charge in [0.25, 0.3) is 0 Å². The van der Waals surface area contributed by atoms with Gasteiger partial charge in [0, 0.05) is 45.5 Å². The summed E-state index contributed by atoms with van der Waals surface area (Å²) in [6.07, 6.45) is 2.53. The first-order valence-electron chi connectivity index (χ1n) is 9.67. The topological polar surface area (TPSA) is 61.8 Å². The number of rotatable bonds is 7. The summed E-state index contributed by atoms with van der Waals surface area (Å²) in [5.41, 5.74) is 2.34. The first kappa shape index (κ1) is 20.1. The summed E-state index contributed by atoms with van der Waals surface area (Å²) in [7, 11) is 1.76. The van der Waals surface area contributed by atoms with Crippen LogP contribution in [0.4, 0.5) is 10.2 Å². The largest absolute Gasteiger partial charge is 0.377 e. The molecule has 1 atom stereocenters. The van der Waals surface area contributed by atoms with Gasteiger partial charge >= 0.3 is 0 Å². The molecule has 1 fully saturated rings. The summed E-state index contributed by atoms with van der Waals surface area (Å²) in [5.74, 6) is 0.882. The Labute approximate surface area is 165 Å². The smallest absolute Gasteiger partial charge is 0.191 e. The van der Waals surface area contributed by atoms with Crippen LogP contribution in [0.25, 0.3) is 0 Å². The standard InChI is InChI=1S/C21H28FN5O/c1-3-28-15-17-8-6-16(7-9-17)13-25-21(23-2)26-18-10-12-27(14-18)20-19(22)5-4-11-24-20/h4-9,11,18H,3,10,12-15H2,1-2H3,(H2,23,25,26). The van der Waals surface area contributed by atoms with Crippen molar-refractivity contribution in [1.82, 2.24) is 15.6 Å². The van der Waals surface area contributed by atoms with E-state index in [9.17, 15) is 4.39 Å². The van der Waals surface area contributed by atoms with Gasteiger partial charge in [0.1, 0.15) is 0 Å². The Kier molecular flexibility index (Phi) is 7.19. The van der Waals surface area contributed by atoms with E-state index in [2.05, 4.69) is 44.9 Å². The maximum atomic E-state index is 13.9. The number of aromatic nitrogens is 1. The Hall–Kier alpha value is -2.67. The van der Waals surface area contributed by atoms with Crippen LogP contribution in [-0.2, 0) is 17.9 Å². The van der Waals surface area contributed by atoms with E-state index < -0.39 is 0 Å². The first-order valence-corrected chi connectivity index (χ1v) is 9.67. The Morgan fingerprint density at radius 1 is 1.29 bits per heavy atom. The van der Waals surface area contributed by atoms with Gasteiger partial charge in [-0.05, 0) is 36.6 Å². The summed E-state index contributed by atoms with van der Waals surface area (Å²) >= 11 is 0. The van der Waals surface area contributed by atoms with Gasteiger partial charge in [0.05, 0.1) is 6.61 Å². The van der Waals surface area contributed by atoms with Gasteiger partial charge in [-0.15, -0.1) is 0 Å². The average molecular weight is 385 g/mol. The predicted molar refractivity (Wildman–Crippen MR) is 110 cm³/mol. The molecule has 0 aliphatic carbocycles. The lowest BCUT2D eigenvalue weighted by atomic mass is 10.1. The lowest BCUT2D eigenvalue weighted by Crippen LogP contribution is -2.44. The van der Waals surface area contributed by atoms with Crippen molar-refractivity contribution >= 4 is 11.8 Å².